The fraction of sp³-hybridized carbons (Fsp3) is 0.556. The highest BCUT2D eigenvalue weighted by Crippen LogP contribution is 2.15. The number of thioether (sulfide) groups is 1. The fourth-order valence-corrected chi connectivity index (χ4v) is 1.56. The van der Waals surface area contributed by atoms with Crippen molar-refractivity contribution in [3.63, 3.8) is 0 Å². The SMILES string of the molecule is Cc1cnc(SCC(C)CN)nc1. The van der Waals surface area contributed by atoms with Gasteiger partial charge in [0.15, 0.2) is 5.16 Å². The van der Waals surface area contributed by atoms with Crippen molar-refractivity contribution in [2.24, 2.45) is 11.7 Å². The van der Waals surface area contributed by atoms with Crippen LogP contribution in [-0.2, 0) is 0 Å². The second-order valence-electron chi connectivity index (χ2n) is 3.19. The average molecular weight is 197 g/mol. The Balaban J connectivity index is 2.41. The van der Waals surface area contributed by atoms with Gasteiger partial charge in [-0.05, 0) is 24.9 Å². The summed E-state index contributed by atoms with van der Waals surface area (Å²) in [5.41, 5.74) is 6.60. The molecule has 72 valence electrons. The van der Waals surface area contributed by atoms with E-state index in [-0.39, 0.29) is 0 Å². The molecule has 1 unspecified atom stereocenters. The summed E-state index contributed by atoms with van der Waals surface area (Å²) in [6.45, 7) is 4.83. The van der Waals surface area contributed by atoms with Crippen molar-refractivity contribution >= 4 is 11.8 Å². The predicted octanol–water partition coefficient (Wildman–Crippen LogP) is 1.47. The fourth-order valence-electron chi connectivity index (χ4n) is 0.740. The molecule has 0 saturated carbocycles. The first-order valence-electron chi connectivity index (χ1n) is 4.34. The molecule has 1 heterocycles. The zero-order valence-corrected chi connectivity index (χ0v) is 8.84. The third-order valence-corrected chi connectivity index (χ3v) is 2.86. The minimum absolute atomic E-state index is 0.523. The molecule has 0 aliphatic heterocycles. The van der Waals surface area contributed by atoms with Crippen molar-refractivity contribution < 1.29 is 0 Å². The molecular weight excluding hydrogens is 182 g/mol. The van der Waals surface area contributed by atoms with E-state index in [1.807, 2.05) is 19.3 Å². The lowest BCUT2D eigenvalue weighted by atomic mass is 10.2. The lowest BCUT2D eigenvalue weighted by molar-refractivity contribution is 0.674. The van der Waals surface area contributed by atoms with Gasteiger partial charge in [0.1, 0.15) is 0 Å². The summed E-state index contributed by atoms with van der Waals surface area (Å²) in [6.07, 6.45) is 3.67. The molecule has 0 fully saturated rings. The molecule has 0 bridgehead atoms. The van der Waals surface area contributed by atoms with E-state index in [1.165, 1.54) is 0 Å². The number of hydrogen-bond acceptors (Lipinski definition) is 4. The smallest absolute Gasteiger partial charge is 0.187 e. The van der Waals surface area contributed by atoms with Gasteiger partial charge in [-0.1, -0.05) is 18.7 Å². The van der Waals surface area contributed by atoms with Gasteiger partial charge in [-0.3, -0.25) is 0 Å². The summed E-state index contributed by atoms with van der Waals surface area (Å²) in [6, 6.07) is 0. The Bertz CT molecular complexity index is 248. The summed E-state index contributed by atoms with van der Waals surface area (Å²) in [5, 5.41) is 0.839. The second-order valence-corrected chi connectivity index (χ2v) is 4.18. The molecule has 4 heteroatoms. The van der Waals surface area contributed by atoms with Crippen LogP contribution in [0.15, 0.2) is 17.6 Å². The molecule has 1 atom stereocenters. The van der Waals surface area contributed by atoms with E-state index in [4.69, 9.17) is 5.73 Å². The quantitative estimate of drug-likeness (QED) is 0.586. The van der Waals surface area contributed by atoms with Gasteiger partial charge < -0.3 is 5.73 Å². The topological polar surface area (TPSA) is 51.8 Å². The van der Waals surface area contributed by atoms with Crippen LogP contribution >= 0.6 is 11.8 Å². The maximum atomic E-state index is 5.51. The maximum Gasteiger partial charge on any atom is 0.187 e. The zero-order chi connectivity index (χ0) is 9.68. The Kier molecular flexibility index (Phi) is 4.18. The van der Waals surface area contributed by atoms with E-state index in [0.717, 1.165) is 23.0 Å². The highest BCUT2D eigenvalue weighted by atomic mass is 32.2. The molecule has 0 radical (unpaired) electrons. The molecule has 0 saturated heterocycles. The van der Waals surface area contributed by atoms with Gasteiger partial charge >= 0.3 is 0 Å². The molecule has 2 N–H and O–H groups in total. The lowest BCUT2D eigenvalue weighted by Crippen LogP contribution is -2.12. The second kappa shape index (κ2) is 5.19. The molecule has 1 rings (SSSR count). The van der Waals surface area contributed by atoms with E-state index in [0.29, 0.717) is 5.92 Å². The molecule has 1 aromatic heterocycles. The Hall–Kier alpha value is -0.610. The summed E-state index contributed by atoms with van der Waals surface area (Å²) >= 11 is 1.66. The molecular formula is C9H15N3S. The van der Waals surface area contributed by atoms with Crippen LogP contribution in [0.5, 0.6) is 0 Å². The van der Waals surface area contributed by atoms with Crippen LogP contribution in [0.2, 0.25) is 0 Å². The first-order chi connectivity index (χ1) is 6.22. The number of nitrogens with two attached hydrogens (primary N) is 1. The molecule has 0 spiro atoms. The third-order valence-electron chi connectivity index (χ3n) is 1.66. The van der Waals surface area contributed by atoms with Gasteiger partial charge in [0.2, 0.25) is 0 Å². The third kappa shape index (κ3) is 3.74. The minimum atomic E-state index is 0.523. The molecule has 3 nitrogen and oxygen atoms in total. The van der Waals surface area contributed by atoms with E-state index < -0.39 is 0 Å². The van der Waals surface area contributed by atoms with Crippen molar-refractivity contribution in [1.82, 2.24) is 9.97 Å². The van der Waals surface area contributed by atoms with Crippen LogP contribution in [0, 0.1) is 12.8 Å². The van der Waals surface area contributed by atoms with Crippen LogP contribution in [0.4, 0.5) is 0 Å². The Morgan fingerprint density at radius 3 is 2.62 bits per heavy atom. The molecule has 0 aliphatic rings. The number of rotatable bonds is 4. The Morgan fingerprint density at radius 1 is 1.46 bits per heavy atom. The van der Waals surface area contributed by atoms with Crippen LogP contribution < -0.4 is 5.73 Å². The summed E-state index contributed by atoms with van der Waals surface area (Å²) in [4.78, 5) is 8.39. The molecule has 1 aromatic rings. The monoisotopic (exact) mass is 197 g/mol. The number of nitrogens with zero attached hydrogens (tertiary/aromatic N) is 2. The first kappa shape index (κ1) is 10.5. The molecule has 13 heavy (non-hydrogen) atoms. The van der Waals surface area contributed by atoms with Crippen molar-refractivity contribution in [3.05, 3.63) is 18.0 Å². The predicted molar refractivity (Wildman–Crippen MR) is 55.7 cm³/mol. The van der Waals surface area contributed by atoms with Gasteiger partial charge in [-0.15, -0.1) is 0 Å². The average Bonchev–Trinajstić information content (AvgIpc) is 2.16. The van der Waals surface area contributed by atoms with E-state index in [1.54, 1.807) is 11.8 Å². The van der Waals surface area contributed by atoms with E-state index >= 15 is 0 Å². The van der Waals surface area contributed by atoms with Crippen LogP contribution in [0.25, 0.3) is 0 Å². The van der Waals surface area contributed by atoms with Gasteiger partial charge in [0, 0.05) is 18.1 Å². The lowest BCUT2D eigenvalue weighted by Gasteiger charge is -2.05. The van der Waals surface area contributed by atoms with Gasteiger partial charge in [-0.25, -0.2) is 9.97 Å². The molecule has 0 amide bonds. The standard InChI is InChI=1S/C9H15N3S/c1-7(3-10)6-13-9-11-4-8(2)5-12-9/h4-5,7H,3,6,10H2,1-2H3. The molecule has 0 aromatic carbocycles. The first-order valence-corrected chi connectivity index (χ1v) is 5.32. The minimum Gasteiger partial charge on any atom is -0.330 e. The number of aryl methyl sites for hydroxylation is 1. The zero-order valence-electron chi connectivity index (χ0n) is 8.03. The highest BCUT2D eigenvalue weighted by Gasteiger charge is 2.01. The normalized spacial score (nSPS) is 12.8. The van der Waals surface area contributed by atoms with Crippen molar-refractivity contribution in [2.45, 2.75) is 19.0 Å². The largest absolute Gasteiger partial charge is 0.330 e. The van der Waals surface area contributed by atoms with E-state index in [2.05, 4.69) is 16.9 Å². The Labute approximate surface area is 83.2 Å². The van der Waals surface area contributed by atoms with Crippen molar-refractivity contribution in [2.75, 3.05) is 12.3 Å². The van der Waals surface area contributed by atoms with E-state index in [9.17, 15) is 0 Å². The van der Waals surface area contributed by atoms with Gasteiger partial charge in [-0.2, -0.15) is 0 Å². The van der Waals surface area contributed by atoms with Gasteiger partial charge in [0.05, 0.1) is 0 Å². The highest BCUT2D eigenvalue weighted by molar-refractivity contribution is 7.99. The number of hydrogen-bond donors (Lipinski definition) is 1. The molecule has 0 aliphatic carbocycles. The summed E-state index contributed by atoms with van der Waals surface area (Å²) in [7, 11) is 0. The van der Waals surface area contributed by atoms with Crippen LogP contribution in [0.1, 0.15) is 12.5 Å². The summed E-state index contributed by atoms with van der Waals surface area (Å²) in [5.74, 6) is 1.51. The van der Waals surface area contributed by atoms with Crippen molar-refractivity contribution in [1.29, 1.82) is 0 Å². The number of aromatic nitrogens is 2. The van der Waals surface area contributed by atoms with Crippen LogP contribution in [-0.4, -0.2) is 22.3 Å². The van der Waals surface area contributed by atoms with Crippen molar-refractivity contribution in [3.8, 4) is 0 Å². The van der Waals surface area contributed by atoms with Crippen LogP contribution in [0.3, 0.4) is 0 Å². The van der Waals surface area contributed by atoms with Gasteiger partial charge in [0.25, 0.3) is 0 Å². The Morgan fingerprint density at radius 2 is 2.08 bits per heavy atom. The summed E-state index contributed by atoms with van der Waals surface area (Å²) < 4.78 is 0. The maximum absolute atomic E-state index is 5.51.